The van der Waals surface area contributed by atoms with Crippen molar-refractivity contribution in [2.75, 3.05) is 13.1 Å². The zero-order valence-corrected chi connectivity index (χ0v) is 11.7. The van der Waals surface area contributed by atoms with Crippen LogP contribution in [-0.4, -0.2) is 41.3 Å². The average molecular weight is 228 g/mol. The van der Waals surface area contributed by atoms with Crippen LogP contribution in [0.2, 0.25) is 0 Å². The minimum Gasteiger partial charge on any atom is -0.368 e. The van der Waals surface area contributed by atoms with E-state index in [1.54, 1.807) is 0 Å². The van der Waals surface area contributed by atoms with Crippen LogP contribution in [0.15, 0.2) is 0 Å². The van der Waals surface area contributed by atoms with Crippen molar-refractivity contribution >= 4 is 0 Å². The molecule has 1 heterocycles. The first-order valence-corrected chi connectivity index (χ1v) is 6.35. The SMILES string of the molecule is CC(C)N(CCN)C1CC(C)(C)OC1(C)C. The molecule has 16 heavy (non-hydrogen) atoms. The third-order valence-corrected chi connectivity index (χ3v) is 3.48. The van der Waals surface area contributed by atoms with E-state index < -0.39 is 0 Å². The van der Waals surface area contributed by atoms with Crippen molar-refractivity contribution in [3.63, 3.8) is 0 Å². The Balaban J connectivity index is 2.84. The second-order valence-electron chi connectivity index (χ2n) is 6.31. The minimum absolute atomic E-state index is 0.0180. The number of nitrogens with two attached hydrogens (primary N) is 1. The van der Waals surface area contributed by atoms with Gasteiger partial charge in [-0.25, -0.2) is 0 Å². The maximum Gasteiger partial charge on any atom is 0.0789 e. The summed E-state index contributed by atoms with van der Waals surface area (Å²) in [4.78, 5) is 2.48. The molecule has 0 aromatic rings. The number of hydrogen-bond acceptors (Lipinski definition) is 3. The highest BCUT2D eigenvalue weighted by Crippen LogP contribution is 2.40. The van der Waals surface area contributed by atoms with Crippen LogP contribution in [0, 0.1) is 0 Å². The first-order valence-electron chi connectivity index (χ1n) is 6.35. The van der Waals surface area contributed by atoms with Crippen molar-refractivity contribution < 1.29 is 4.74 Å². The molecule has 1 saturated heterocycles. The van der Waals surface area contributed by atoms with Crippen molar-refractivity contribution in [1.82, 2.24) is 4.90 Å². The standard InChI is InChI=1S/C13H28N2O/c1-10(2)15(8-7-14)11-9-12(3,4)16-13(11,5)6/h10-11H,7-9,14H2,1-6H3. The molecule has 3 nitrogen and oxygen atoms in total. The van der Waals surface area contributed by atoms with Gasteiger partial charge in [-0.1, -0.05) is 0 Å². The fourth-order valence-corrected chi connectivity index (χ4v) is 2.97. The van der Waals surface area contributed by atoms with Gasteiger partial charge in [0.05, 0.1) is 11.2 Å². The zero-order chi connectivity index (χ0) is 12.6. The molecule has 1 rings (SSSR count). The third-order valence-electron chi connectivity index (χ3n) is 3.48. The number of rotatable bonds is 4. The first kappa shape index (κ1) is 13.9. The molecule has 3 heteroatoms. The summed E-state index contributed by atoms with van der Waals surface area (Å²) in [6.45, 7) is 14.9. The van der Waals surface area contributed by atoms with Gasteiger partial charge < -0.3 is 10.5 Å². The summed E-state index contributed by atoms with van der Waals surface area (Å²) in [6, 6.07) is 0.983. The highest BCUT2D eigenvalue weighted by Gasteiger charge is 2.48. The van der Waals surface area contributed by atoms with E-state index in [-0.39, 0.29) is 11.2 Å². The fourth-order valence-electron chi connectivity index (χ4n) is 2.97. The Morgan fingerprint density at radius 2 is 1.88 bits per heavy atom. The molecule has 1 unspecified atom stereocenters. The molecule has 0 aliphatic carbocycles. The fraction of sp³-hybridized carbons (Fsp3) is 1.00. The van der Waals surface area contributed by atoms with Gasteiger partial charge in [0.25, 0.3) is 0 Å². The molecule has 0 radical (unpaired) electrons. The maximum atomic E-state index is 6.14. The van der Waals surface area contributed by atoms with Crippen LogP contribution in [0.4, 0.5) is 0 Å². The van der Waals surface area contributed by atoms with Gasteiger partial charge in [0.15, 0.2) is 0 Å². The van der Waals surface area contributed by atoms with Crippen molar-refractivity contribution in [2.24, 2.45) is 5.73 Å². The molecule has 1 fully saturated rings. The van der Waals surface area contributed by atoms with Gasteiger partial charge in [-0.2, -0.15) is 0 Å². The van der Waals surface area contributed by atoms with E-state index >= 15 is 0 Å². The Morgan fingerprint density at radius 3 is 2.19 bits per heavy atom. The number of ether oxygens (including phenoxy) is 1. The van der Waals surface area contributed by atoms with E-state index in [0.717, 1.165) is 13.0 Å². The summed E-state index contributed by atoms with van der Waals surface area (Å²) in [5.74, 6) is 0. The monoisotopic (exact) mass is 228 g/mol. The molecule has 1 aliphatic rings. The van der Waals surface area contributed by atoms with E-state index in [4.69, 9.17) is 10.5 Å². The van der Waals surface area contributed by atoms with Gasteiger partial charge in [0, 0.05) is 25.2 Å². The Hall–Kier alpha value is -0.120. The van der Waals surface area contributed by atoms with E-state index in [1.165, 1.54) is 0 Å². The highest BCUT2D eigenvalue weighted by atomic mass is 16.5. The maximum absolute atomic E-state index is 6.14. The quantitative estimate of drug-likeness (QED) is 0.800. The topological polar surface area (TPSA) is 38.5 Å². The summed E-state index contributed by atoms with van der Waals surface area (Å²) in [7, 11) is 0. The Kier molecular flexibility index (Phi) is 4.04. The molecule has 0 aromatic carbocycles. The number of nitrogens with zero attached hydrogens (tertiary/aromatic N) is 1. The third kappa shape index (κ3) is 2.96. The Labute approximate surface area is 100 Å². The van der Waals surface area contributed by atoms with Gasteiger partial charge in [0.1, 0.15) is 0 Å². The predicted molar refractivity (Wildman–Crippen MR) is 68.5 cm³/mol. The lowest BCUT2D eigenvalue weighted by molar-refractivity contribution is -0.0828. The summed E-state index contributed by atoms with van der Waals surface area (Å²) >= 11 is 0. The summed E-state index contributed by atoms with van der Waals surface area (Å²) in [5.41, 5.74) is 5.61. The molecule has 0 spiro atoms. The molecule has 1 aliphatic heterocycles. The minimum atomic E-state index is -0.0804. The van der Waals surface area contributed by atoms with Gasteiger partial charge in [-0.3, -0.25) is 4.90 Å². The largest absolute Gasteiger partial charge is 0.368 e. The smallest absolute Gasteiger partial charge is 0.0789 e. The lowest BCUT2D eigenvalue weighted by atomic mass is 9.92. The van der Waals surface area contributed by atoms with E-state index in [9.17, 15) is 0 Å². The first-order chi connectivity index (χ1) is 7.19. The lowest BCUT2D eigenvalue weighted by Gasteiger charge is -2.38. The second kappa shape index (κ2) is 4.63. The summed E-state index contributed by atoms with van der Waals surface area (Å²) in [5, 5.41) is 0. The normalized spacial score (nSPS) is 27.9. The van der Waals surface area contributed by atoms with Gasteiger partial charge >= 0.3 is 0 Å². The van der Waals surface area contributed by atoms with Gasteiger partial charge in [-0.05, 0) is 48.0 Å². The van der Waals surface area contributed by atoms with Crippen LogP contribution in [0.1, 0.15) is 48.0 Å². The van der Waals surface area contributed by atoms with Crippen LogP contribution in [-0.2, 0) is 4.74 Å². The molecule has 1 atom stereocenters. The van der Waals surface area contributed by atoms with Crippen LogP contribution in [0.25, 0.3) is 0 Å². The van der Waals surface area contributed by atoms with Crippen molar-refractivity contribution in [3.8, 4) is 0 Å². The molecular weight excluding hydrogens is 200 g/mol. The van der Waals surface area contributed by atoms with Crippen LogP contribution in [0.5, 0.6) is 0 Å². The van der Waals surface area contributed by atoms with Crippen LogP contribution >= 0.6 is 0 Å². The average Bonchev–Trinajstić information content (AvgIpc) is 2.29. The molecule has 0 saturated carbocycles. The predicted octanol–water partition coefficient (Wildman–Crippen LogP) is 2.00. The van der Waals surface area contributed by atoms with Crippen LogP contribution < -0.4 is 5.73 Å². The van der Waals surface area contributed by atoms with Gasteiger partial charge in [0.2, 0.25) is 0 Å². The van der Waals surface area contributed by atoms with Crippen LogP contribution in [0.3, 0.4) is 0 Å². The van der Waals surface area contributed by atoms with E-state index in [2.05, 4.69) is 46.4 Å². The van der Waals surface area contributed by atoms with Crippen molar-refractivity contribution in [2.45, 2.75) is 71.2 Å². The Morgan fingerprint density at radius 1 is 1.31 bits per heavy atom. The van der Waals surface area contributed by atoms with Crippen molar-refractivity contribution in [3.05, 3.63) is 0 Å². The molecule has 0 bridgehead atoms. The molecule has 2 N–H and O–H groups in total. The summed E-state index contributed by atoms with van der Waals surface area (Å²) < 4.78 is 6.14. The second-order valence-corrected chi connectivity index (χ2v) is 6.31. The highest BCUT2D eigenvalue weighted by molar-refractivity contribution is 5.00. The van der Waals surface area contributed by atoms with Crippen molar-refractivity contribution in [1.29, 1.82) is 0 Å². The molecule has 0 amide bonds. The van der Waals surface area contributed by atoms with E-state index in [1.807, 2.05) is 0 Å². The number of hydrogen-bond donors (Lipinski definition) is 1. The Bertz CT molecular complexity index is 236. The summed E-state index contributed by atoms with van der Waals surface area (Å²) in [6.07, 6.45) is 1.08. The van der Waals surface area contributed by atoms with E-state index in [0.29, 0.717) is 18.6 Å². The lowest BCUT2D eigenvalue weighted by Crippen LogP contribution is -2.51. The van der Waals surface area contributed by atoms with Gasteiger partial charge in [-0.15, -0.1) is 0 Å². The molecule has 96 valence electrons. The molecular formula is C13H28N2O. The zero-order valence-electron chi connectivity index (χ0n) is 11.7. The molecule has 0 aromatic heterocycles.